The fourth-order valence-corrected chi connectivity index (χ4v) is 2.44. The molecular weight excluding hydrogens is 210 g/mol. The molecule has 0 aromatic heterocycles. The first kappa shape index (κ1) is 10.8. The monoisotopic (exact) mass is 225 g/mol. The third-order valence-electron chi connectivity index (χ3n) is 2.88. The van der Waals surface area contributed by atoms with Crippen LogP contribution in [-0.4, -0.2) is 13.2 Å². The summed E-state index contributed by atoms with van der Waals surface area (Å²) >= 11 is 6.06. The average molecular weight is 226 g/mol. The first-order valence-corrected chi connectivity index (χ1v) is 5.63. The minimum Gasteiger partial charge on any atom is -0.490 e. The molecule has 0 bridgehead atoms. The first-order valence-electron chi connectivity index (χ1n) is 5.25. The summed E-state index contributed by atoms with van der Waals surface area (Å²) in [6, 6.07) is 4.29. The van der Waals surface area contributed by atoms with Crippen molar-refractivity contribution in [2.45, 2.75) is 32.4 Å². The van der Waals surface area contributed by atoms with Crippen molar-refractivity contribution < 1.29 is 4.74 Å². The summed E-state index contributed by atoms with van der Waals surface area (Å²) in [5.41, 5.74) is 2.30. The van der Waals surface area contributed by atoms with Gasteiger partial charge in [0.05, 0.1) is 6.10 Å². The van der Waals surface area contributed by atoms with E-state index in [9.17, 15) is 0 Å². The normalized spacial score (nSPS) is 24.5. The molecule has 0 radical (unpaired) electrons. The Morgan fingerprint density at radius 1 is 1.47 bits per heavy atom. The number of aryl methyl sites for hydroxylation is 1. The average Bonchev–Trinajstić information content (AvgIpc) is 2.18. The number of benzene rings is 1. The molecule has 0 aliphatic carbocycles. The molecule has 2 rings (SSSR count). The zero-order chi connectivity index (χ0) is 11.0. The summed E-state index contributed by atoms with van der Waals surface area (Å²) in [6.45, 7) is 4.14. The fourth-order valence-electron chi connectivity index (χ4n) is 2.16. The highest BCUT2D eigenvalue weighted by Crippen LogP contribution is 2.38. The van der Waals surface area contributed by atoms with Gasteiger partial charge in [0.15, 0.2) is 0 Å². The molecule has 3 heteroatoms. The third kappa shape index (κ3) is 1.97. The smallest absolute Gasteiger partial charge is 0.127 e. The predicted octanol–water partition coefficient (Wildman–Crippen LogP) is 3.08. The summed E-state index contributed by atoms with van der Waals surface area (Å²) in [6.07, 6.45) is 1.25. The molecule has 0 saturated carbocycles. The van der Waals surface area contributed by atoms with Gasteiger partial charge in [0.2, 0.25) is 0 Å². The second kappa shape index (κ2) is 4.03. The molecule has 82 valence electrons. The van der Waals surface area contributed by atoms with E-state index in [1.54, 1.807) is 0 Å². The summed E-state index contributed by atoms with van der Waals surface area (Å²) in [4.78, 5) is 0. The number of fused-ring (bicyclic) bond motifs is 1. The molecule has 1 N–H and O–H groups in total. The number of nitrogens with one attached hydrogen (secondary N) is 1. The van der Waals surface area contributed by atoms with Gasteiger partial charge in [0.1, 0.15) is 5.75 Å². The van der Waals surface area contributed by atoms with Gasteiger partial charge < -0.3 is 10.1 Å². The van der Waals surface area contributed by atoms with Crippen molar-refractivity contribution >= 4 is 11.6 Å². The molecule has 1 heterocycles. The molecule has 15 heavy (non-hydrogen) atoms. The molecule has 1 aromatic rings. The van der Waals surface area contributed by atoms with Gasteiger partial charge in [0, 0.05) is 23.0 Å². The van der Waals surface area contributed by atoms with Crippen LogP contribution in [0.5, 0.6) is 5.75 Å². The summed E-state index contributed by atoms with van der Waals surface area (Å²) < 4.78 is 5.85. The standard InChI is InChI=1S/C12H16ClNO/c1-7-4-9(13)6-10-11(14-3)5-8(2)15-12(7)10/h4,6,8,11,14H,5H2,1-3H3. The minimum atomic E-state index is 0.259. The summed E-state index contributed by atoms with van der Waals surface area (Å²) in [5.74, 6) is 0.998. The van der Waals surface area contributed by atoms with Crippen LogP contribution in [0.3, 0.4) is 0 Å². The van der Waals surface area contributed by atoms with Crippen LogP contribution in [0.1, 0.15) is 30.5 Å². The second-order valence-electron chi connectivity index (χ2n) is 4.15. The lowest BCUT2D eigenvalue weighted by atomic mass is 9.95. The van der Waals surface area contributed by atoms with Crippen molar-refractivity contribution in [3.05, 3.63) is 28.3 Å². The van der Waals surface area contributed by atoms with Gasteiger partial charge >= 0.3 is 0 Å². The van der Waals surface area contributed by atoms with Crippen molar-refractivity contribution in [1.29, 1.82) is 0 Å². The molecule has 1 aliphatic rings. The molecule has 0 spiro atoms. The lowest BCUT2D eigenvalue weighted by Gasteiger charge is -2.31. The Bertz CT molecular complexity index is 378. The molecular formula is C12H16ClNO. The maximum absolute atomic E-state index is 6.06. The van der Waals surface area contributed by atoms with Gasteiger partial charge in [-0.05, 0) is 38.6 Å². The van der Waals surface area contributed by atoms with Crippen molar-refractivity contribution in [1.82, 2.24) is 5.32 Å². The van der Waals surface area contributed by atoms with E-state index in [1.165, 1.54) is 5.56 Å². The highest BCUT2D eigenvalue weighted by atomic mass is 35.5. The van der Waals surface area contributed by atoms with Gasteiger partial charge in [-0.25, -0.2) is 0 Å². The topological polar surface area (TPSA) is 21.3 Å². The predicted molar refractivity (Wildman–Crippen MR) is 62.7 cm³/mol. The summed E-state index contributed by atoms with van der Waals surface area (Å²) in [7, 11) is 1.97. The van der Waals surface area contributed by atoms with E-state index in [2.05, 4.69) is 12.2 Å². The molecule has 1 aliphatic heterocycles. The zero-order valence-electron chi connectivity index (χ0n) is 9.30. The van der Waals surface area contributed by atoms with Crippen LogP contribution in [0.2, 0.25) is 5.02 Å². The second-order valence-corrected chi connectivity index (χ2v) is 4.58. The fraction of sp³-hybridized carbons (Fsp3) is 0.500. The van der Waals surface area contributed by atoms with Crippen LogP contribution < -0.4 is 10.1 Å². The van der Waals surface area contributed by atoms with Crippen molar-refractivity contribution in [2.24, 2.45) is 0 Å². The van der Waals surface area contributed by atoms with Crippen LogP contribution in [0, 0.1) is 6.92 Å². The molecule has 0 fully saturated rings. The number of hydrogen-bond acceptors (Lipinski definition) is 2. The number of ether oxygens (including phenoxy) is 1. The Morgan fingerprint density at radius 2 is 2.20 bits per heavy atom. The van der Waals surface area contributed by atoms with E-state index in [0.717, 1.165) is 22.8 Å². The number of rotatable bonds is 1. The van der Waals surface area contributed by atoms with Gasteiger partial charge in [-0.3, -0.25) is 0 Å². The number of hydrogen-bond donors (Lipinski definition) is 1. The maximum Gasteiger partial charge on any atom is 0.127 e. The minimum absolute atomic E-state index is 0.259. The van der Waals surface area contributed by atoms with Crippen molar-refractivity contribution in [2.75, 3.05) is 7.05 Å². The Labute approximate surface area is 95.6 Å². The van der Waals surface area contributed by atoms with E-state index in [4.69, 9.17) is 16.3 Å². The molecule has 1 aromatic carbocycles. The van der Waals surface area contributed by atoms with Crippen LogP contribution in [-0.2, 0) is 0 Å². The van der Waals surface area contributed by atoms with E-state index in [-0.39, 0.29) is 6.10 Å². The number of halogens is 1. The lowest BCUT2D eigenvalue weighted by molar-refractivity contribution is 0.168. The van der Waals surface area contributed by atoms with E-state index in [0.29, 0.717) is 6.04 Å². The molecule has 0 amide bonds. The Morgan fingerprint density at radius 3 is 2.87 bits per heavy atom. The van der Waals surface area contributed by atoms with Crippen LogP contribution in [0.4, 0.5) is 0 Å². The highest BCUT2D eigenvalue weighted by Gasteiger charge is 2.26. The maximum atomic E-state index is 6.06. The molecule has 0 saturated heterocycles. The Kier molecular flexibility index (Phi) is 2.89. The molecule has 2 nitrogen and oxygen atoms in total. The van der Waals surface area contributed by atoms with E-state index >= 15 is 0 Å². The van der Waals surface area contributed by atoms with Crippen LogP contribution in [0.15, 0.2) is 12.1 Å². The van der Waals surface area contributed by atoms with Gasteiger partial charge in [0.25, 0.3) is 0 Å². The van der Waals surface area contributed by atoms with Crippen LogP contribution in [0.25, 0.3) is 0 Å². The van der Waals surface area contributed by atoms with Crippen molar-refractivity contribution in [3.8, 4) is 5.75 Å². The SMILES string of the molecule is CNC1CC(C)Oc2c(C)cc(Cl)cc21. The Hall–Kier alpha value is -0.730. The van der Waals surface area contributed by atoms with Gasteiger partial charge in [-0.1, -0.05) is 11.6 Å². The van der Waals surface area contributed by atoms with E-state index < -0.39 is 0 Å². The van der Waals surface area contributed by atoms with E-state index in [1.807, 2.05) is 26.1 Å². The van der Waals surface area contributed by atoms with Gasteiger partial charge in [-0.2, -0.15) is 0 Å². The Balaban J connectivity index is 2.51. The highest BCUT2D eigenvalue weighted by molar-refractivity contribution is 6.30. The summed E-state index contributed by atoms with van der Waals surface area (Å²) in [5, 5.41) is 4.09. The first-order chi connectivity index (χ1) is 7.11. The molecule has 2 atom stereocenters. The lowest BCUT2D eigenvalue weighted by Crippen LogP contribution is -2.29. The third-order valence-corrected chi connectivity index (χ3v) is 3.10. The largest absolute Gasteiger partial charge is 0.490 e. The quantitative estimate of drug-likeness (QED) is 0.793. The molecule has 2 unspecified atom stereocenters. The van der Waals surface area contributed by atoms with Crippen LogP contribution >= 0.6 is 11.6 Å². The van der Waals surface area contributed by atoms with Crippen molar-refractivity contribution in [3.63, 3.8) is 0 Å². The van der Waals surface area contributed by atoms with Gasteiger partial charge in [-0.15, -0.1) is 0 Å². The zero-order valence-corrected chi connectivity index (χ0v) is 10.1.